The molecule has 7 nitrogen and oxygen atoms in total. The van der Waals surface area contributed by atoms with Gasteiger partial charge in [-0.05, 0) is 5.56 Å². The fourth-order valence-electron chi connectivity index (χ4n) is 2.86. The lowest BCUT2D eigenvalue weighted by Crippen LogP contribution is -2.43. The standard InChI is InChI=1S/C18H25N5O2/c1-13(2)17-20-18(22-21-17)19-16(24)10-15-12-23(8-9-25-15)11-14-6-4-3-5-7-14/h3-7,13,15H,8-12H2,1-2H3,(H2,19,20,21,22,24)/t15-/m0/s1. The average Bonchev–Trinajstić information content (AvgIpc) is 3.05. The molecule has 1 fully saturated rings. The first-order valence-electron chi connectivity index (χ1n) is 8.70. The third-order valence-electron chi connectivity index (χ3n) is 4.19. The number of carbonyl (C=O) groups is 1. The van der Waals surface area contributed by atoms with E-state index >= 15 is 0 Å². The van der Waals surface area contributed by atoms with Crippen LogP contribution in [0.5, 0.6) is 0 Å². The van der Waals surface area contributed by atoms with Crippen molar-refractivity contribution in [1.82, 2.24) is 20.1 Å². The maximum absolute atomic E-state index is 12.2. The Kier molecular flexibility index (Phi) is 5.78. The topological polar surface area (TPSA) is 83.1 Å². The molecule has 0 radical (unpaired) electrons. The van der Waals surface area contributed by atoms with Gasteiger partial charge in [0, 0.05) is 25.6 Å². The average molecular weight is 343 g/mol. The number of rotatable bonds is 6. The van der Waals surface area contributed by atoms with Crippen LogP contribution in [-0.2, 0) is 16.1 Å². The molecule has 1 aromatic heterocycles. The molecule has 1 aromatic carbocycles. The Morgan fingerprint density at radius 3 is 2.92 bits per heavy atom. The molecule has 1 aliphatic heterocycles. The molecule has 2 aromatic rings. The quantitative estimate of drug-likeness (QED) is 0.840. The molecule has 0 unspecified atom stereocenters. The van der Waals surface area contributed by atoms with Crippen molar-refractivity contribution in [3.8, 4) is 0 Å². The van der Waals surface area contributed by atoms with E-state index < -0.39 is 0 Å². The van der Waals surface area contributed by atoms with Gasteiger partial charge < -0.3 is 4.74 Å². The maximum Gasteiger partial charge on any atom is 0.248 e. The SMILES string of the molecule is CC(C)c1nc(NC(=O)C[C@H]2CN(Cc3ccccc3)CCO2)n[nH]1. The number of aromatic nitrogens is 3. The summed E-state index contributed by atoms with van der Waals surface area (Å²) in [5.74, 6) is 1.20. The van der Waals surface area contributed by atoms with Gasteiger partial charge >= 0.3 is 0 Å². The zero-order valence-electron chi connectivity index (χ0n) is 14.7. The second kappa shape index (κ2) is 8.22. The molecule has 2 N–H and O–H groups in total. The summed E-state index contributed by atoms with van der Waals surface area (Å²) in [4.78, 5) is 18.8. The van der Waals surface area contributed by atoms with Crippen molar-refractivity contribution in [3.63, 3.8) is 0 Å². The van der Waals surface area contributed by atoms with Gasteiger partial charge in [-0.15, -0.1) is 5.10 Å². The minimum Gasteiger partial charge on any atom is -0.375 e. The highest BCUT2D eigenvalue weighted by atomic mass is 16.5. The van der Waals surface area contributed by atoms with Crippen LogP contribution >= 0.6 is 0 Å². The predicted octanol–water partition coefficient (Wildman–Crippen LogP) is 2.16. The van der Waals surface area contributed by atoms with Crippen molar-refractivity contribution < 1.29 is 9.53 Å². The van der Waals surface area contributed by atoms with Crippen LogP contribution in [0.1, 0.15) is 37.6 Å². The summed E-state index contributed by atoms with van der Waals surface area (Å²) >= 11 is 0. The van der Waals surface area contributed by atoms with Gasteiger partial charge in [-0.2, -0.15) is 4.98 Å². The van der Waals surface area contributed by atoms with Crippen molar-refractivity contribution in [2.24, 2.45) is 0 Å². The number of hydrogen-bond acceptors (Lipinski definition) is 5. The van der Waals surface area contributed by atoms with E-state index in [4.69, 9.17) is 4.74 Å². The first kappa shape index (κ1) is 17.6. The van der Waals surface area contributed by atoms with Crippen molar-refractivity contribution in [1.29, 1.82) is 0 Å². The lowest BCUT2D eigenvalue weighted by Gasteiger charge is -2.32. The molecule has 1 aliphatic rings. The number of ether oxygens (including phenoxy) is 1. The number of nitrogens with zero attached hydrogens (tertiary/aromatic N) is 3. The van der Waals surface area contributed by atoms with Crippen LogP contribution in [0.25, 0.3) is 0 Å². The van der Waals surface area contributed by atoms with E-state index in [1.165, 1.54) is 5.56 Å². The number of anilines is 1. The predicted molar refractivity (Wildman–Crippen MR) is 95.2 cm³/mol. The molecule has 1 amide bonds. The Morgan fingerprint density at radius 2 is 2.20 bits per heavy atom. The molecular formula is C18H25N5O2. The first-order valence-corrected chi connectivity index (χ1v) is 8.70. The smallest absolute Gasteiger partial charge is 0.248 e. The number of nitrogens with one attached hydrogen (secondary N) is 2. The Hall–Kier alpha value is -2.25. The number of H-pyrrole nitrogens is 1. The normalized spacial score (nSPS) is 18.4. The molecule has 3 rings (SSSR count). The van der Waals surface area contributed by atoms with E-state index in [1.807, 2.05) is 32.0 Å². The Balaban J connectivity index is 1.49. The van der Waals surface area contributed by atoms with Gasteiger partial charge in [-0.25, -0.2) is 0 Å². The van der Waals surface area contributed by atoms with Gasteiger partial charge in [0.25, 0.3) is 0 Å². The maximum atomic E-state index is 12.2. The highest BCUT2D eigenvalue weighted by molar-refractivity contribution is 5.89. The molecule has 0 saturated carbocycles. The van der Waals surface area contributed by atoms with Gasteiger partial charge in [-0.1, -0.05) is 44.2 Å². The summed E-state index contributed by atoms with van der Waals surface area (Å²) in [6, 6.07) is 10.3. The Bertz CT molecular complexity index is 686. The summed E-state index contributed by atoms with van der Waals surface area (Å²) < 4.78 is 5.75. The Labute approximate surface area is 147 Å². The van der Waals surface area contributed by atoms with E-state index in [9.17, 15) is 4.79 Å². The lowest BCUT2D eigenvalue weighted by molar-refractivity contribution is -0.121. The molecule has 134 valence electrons. The second-order valence-electron chi connectivity index (χ2n) is 6.66. The van der Waals surface area contributed by atoms with Crippen LogP contribution in [0.3, 0.4) is 0 Å². The fraction of sp³-hybridized carbons (Fsp3) is 0.500. The van der Waals surface area contributed by atoms with Crippen molar-refractivity contribution in [2.75, 3.05) is 25.0 Å². The zero-order chi connectivity index (χ0) is 17.6. The van der Waals surface area contributed by atoms with Gasteiger partial charge in [-0.3, -0.25) is 20.1 Å². The number of hydrogen-bond donors (Lipinski definition) is 2. The number of benzene rings is 1. The van der Waals surface area contributed by atoms with E-state index in [1.54, 1.807) is 0 Å². The van der Waals surface area contributed by atoms with Crippen LogP contribution in [0, 0.1) is 0 Å². The molecule has 0 bridgehead atoms. The highest BCUT2D eigenvalue weighted by Crippen LogP contribution is 2.14. The minimum absolute atomic E-state index is 0.110. The van der Waals surface area contributed by atoms with Crippen LogP contribution in [-0.4, -0.2) is 51.8 Å². The molecule has 7 heteroatoms. The largest absolute Gasteiger partial charge is 0.375 e. The molecule has 2 heterocycles. The lowest BCUT2D eigenvalue weighted by atomic mass is 10.1. The fourth-order valence-corrected chi connectivity index (χ4v) is 2.86. The number of amides is 1. The molecule has 0 aliphatic carbocycles. The number of aromatic amines is 1. The van der Waals surface area contributed by atoms with E-state index in [2.05, 4.69) is 37.5 Å². The van der Waals surface area contributed by atoms with Crippen LogP contribution in [0.2, 0.25) is 0 Å². The van der Waals surface area contributed by atoms with Crippen LogP contribution in [0.4, 0.5) is 5.95 Å². The number of morpholine rings is 1. The first-order chi connectivity index (χ1) is 12.1. The molecule has 1 saturated heterocycles. The van der Waals surface area contributed by atoms with Gasteiger partial charge in [0.1, 0.15) is 5.82 Å². The number of carbonyl (C=O) groups excluding carboxylic acids is 1. The third-order valence-corrected chi connectivity index (χ3v) is 4.19. The van der Waals surface area contributed by atoms with E-state index in [0.717, 1.165) is 25.5 Å². The van der Waals surface area contributed by atoms with Gasteiger partial charge in [0.2, 0.25) is 11.9 Å². The van der Waals surface area contributed by atoms with Gasteiger partial charge in [0.15, 0.2) is 0 Å². The van der Waals surface area contributed by atoms with Gasteiger partial charge in [0.05, 0.1) is 19.1 Å². The second-order valence-corrected chi connectivity index (χ2v) is 6.66. The zero-order valence-corrected chi connectivity index (χ0v) is 14.7. The van der Waals surface area contributed by atoms with Crippen LogP contribution in [0.15, 0.2) is 30.3 Å². The summed E-state index contributed by atoms with van der Waals surface area (Å²) in [5.41, 5.74) is 1.27. The summed E-state index contributed by atoms with van der Waals surface area (Å²) in [6.45, 7) is 7.18. The Morgan fingerprint density at radius 1 is 1.40 bits per heavy atom. The van der Waals surface area contributed by atoms with Crippen LogP contribution < -0.4 is 5.32 Å². The summed E-state index contributed by atoms with van der Waals surface area (Å²) in [7, 11) is 0. The molecule has 1 atom stereocenters. The monoisotopic (exact) mass is 343 g/mol. The molecule has 0 spiro atoms. The van der Waals surface area contributed by atoms with Crippen molar-refractivity contribution >= 4 is 11.9 Å². The summed E-state index contributed by atoms with van der Waals surface area (Å²) in [5, 5.41) is 9.59. The van der Waals surface area contributed by atoms with E-state index in [0.29, 0.717) is 19.0 Å². The van der Waals surface area contributed by atoms with Crippen molar-refractivity contribution in [2.45, 2.75) is 38.8 Å². The highest BCUT2D eigenvalue weighted by Gasteiger charge is 2.23. The van der Waals surface area contributed by atoms with Crippen molar-refractivity contribution in [3.05, 3.63) is 41.7 Å². The minimum atomic E-state index is -0.124. The molecular weight excluding hydrogens is 318 g/mol. The summed E-state index contributed by atoms with van der Waals surface area (Å²) in [6.07, 6.45) is 0.192. The van der Waals surface area contributed by atoms with E-state index in [-0.39, 0.29) is 17.9 Å². The third kappa shape index (κ3) is 5.11. The molecule has 25 heavy (non-hydrogen) atoms.